The van der Waals surface area contributed by atoms with Crippen molar-refractivity contribution < 1.29 is 8.42 Å². The Morgan fingerprint density at radius 2 is 1.69 bits per heavy atom. The highest BCUT2D eigenvalue weighted by Gasteiger charge is 2.22. The second kappa shape index (κ2) is 7.96. The van der Waals surface area contributed by atoms with Gasteiger partial charge in [-0.05, 0) is 42.7 Å². The molecule has 29 heavy (non-hydrogen) atoms. The molecule has 0 aliphatic rings. The van der Waals surface area contributed by atoms with Crippen LogP contribution in [0.5, 0.6) is 0 Å². The highest BCUT2D eigenvalue weighted by Crippen LogP contribution is 2.22. The van der Waals surface area contributed by atoms with Crippen LogP contribution in [-0.4, -0.2) is 25.0 Å². The number of anilines is 2. The molecular formula is C20H22N4O4S. The molecule has 152 valence electrons. The number of nitrogens with zero attached hydrogens (tertiary/aromatic N) is 1. The van der Waals surface area contributed by atoms with Gasteiger partial charge in [0.05, 0.1) is 11.4 Å². The number of rotatable bonds is 6. The molecule has 0 saturated heterocycles. The summed E-state index contributed by atoms with van der Waals surface area (Å²) in [5.74, 6) is -0.122. The van der Waals surface area contributed by atoms with E-state index in [-0.39, 0.29) is 22.9 Å². The highest BCUT2D eigenvalue weighted by molar-refractivity contribution is 7.92. The van der Waals surface area contributed by atoms with Gasteiger partial charge in [-0.15, -0.1) is 0 Å². The lowest BCUT2D eigenvalue weighted by atomic mass is 10.1. The molecule has 2 aromatic carbocycles. The van der Waals surface area contributed by atoms with Gasteiger partial charge in [-0.25, -0.2) is 13.2 Å². The maximum atomic E-state index is 13.0. The van der Waals surface area contributed by atoms with Gasteiger partial charge in [-0.1, -0.05) is 36.4 Å². The van der Waals surface area contributed by atoms with Crippen LogP contribution in [0.3, 0.4) is 0 Å². The first kappa shape index (κ1) is 20.4. The first-order chi connectivity index (χ1) is 13.7. The molecule has 0 aliphatic carbocycles. The van der Waals surface area contributed by atoms with Gasteiger partial charge in [0.2, 0.25) is 0 Å². The average molecular weight is 414 g/mol. The minimum absolute atomic E-state index is 0.0432. The summed E-state index contributed by atoms with van der Waals surface area (Å²) in [5.41, 5.74) is 1.07. The smallest absolute Gasteiger partial charge is 0.330 e. The van der Waals surface area contributed by atoms with Crippen LogP contribution >= 0.6 is 0 Å². The Morgan fingerprint density at radius 3 is 2.31 bits per heavy atom. The number of hydrogen-bond acceptors (Lipinski definition) is 5. The molecular weight excluding hydrogens is 392 g/mol. The fourth-order valence-electron chi connectivity index (χ4n) is 2.89. The predicted octanol–water partition coefficient (Wildman–Crippen LogP) is 2.04. The Bertz CT molecular complexity index is 1260. The van der Waals surface area contributed by atoms with Crippen molar-refractivity contribution in [1.82, 2.24) is 9.55 Å². The van der Waals surface area contributed by atoms with Gasteiger partial charge in [0, 0.05) is 7.05 Å². The largest absolute Gasteiger partial charge is 0.381 e. The molecule has 8 nitrogen and oxygen atoms in total. The Hall–Kier alpha value is -3.33. The Kier molecular flexibility index (Phi) is 5.60. The topological polar surface area (TPSA) is 113 Å². The quantitative estimate of drug-likeness (QED) is 0.571. The Morgan fingerprint density at radius 1 is 1.00 bits per heavy atom. The van der Waals surface area contributed by atoms with E-state index in [1.54, 1.807) is 24.3 Å². The van der Waals surface area contributed by atoms with Crippen LogP contribution in [0, 0.1) is 13.8 Å². The molecule has 3 aromatic rings. The zero-order valence-corrected chi connectivity index (χ0v) is 17.1. The molecule has 1 aromatic heterocycles. The molecule has 0 fully saturated rings. The molecule has 0 amide bonds. The van der Waals surface area contributed by atoms with Gasteiger partial charge in [-0.3, -0.25) is 19.1 Å². The second-order valence-corrected chi connectivity index (χ2v) is 8.34. The molecule has 0 atom stereocenters. The van der Waals surface area contributed by atoms with Gasteiger partial charge in [0.1, 0.15) is 5.69 Å². The lowest BCUT2D eigenvalue weighted by molar-refractivity contribution is 0.600. The summed E-state index contributed by atoms with van der Waals surface area (Å²) in [6.07, 6.45) is 0. The third kappa shape index (κ3) is 4.24. The van der Waals surface area contributed by atoms with E-state index in [1.165, 1.54) is 17.7 Å². The van der Waals surface area contributed by atoms with Crippen molar-refractivity contribution in [1.29, 1.82) is 0 Å². The highest BCUT2D eigenvalue weighted by atomic mass is 32.2. The Labute approximate surface area is 168 Å². The molecule has 0 aliphatic heterocycles. The van der Waals surface area contributed by atoms with Crippen LogP contribution in [0.2, 0.25) is 0 Å². The van der Waals surface area contributed by atoms with Crippen molar-refractivity contribution in [2.75, 3.05) is 17.1 Å². The van der Waals surface area contributed by atoms with E-state index in [1.807, 2.05) is 32.0 Å². The summed E-state index contributed by atoms with van der Waals surface area (Å²) in [6.45, 7) is 3.77. The fourth-order valence-corrected chi connectivity index (χ4v) is 4.06. The number of H-pyrrole nitrogens is 1. The minimum Gasteiger partial charge on any atom is -0.381 e. The zero-order chi connectivity index (χ0) is 21.2. The van der Waals surface area contributed by atoms with Gasteiger partial charge < -0.3 is 5.32 Å². The monoisotopic (exact) mass is 414 g/mol. The van der Waals surface area contributed by atoms with Crippen LogP contribution in [0.25, 0.3) is 0 Å². The number of nitrogens with one attached hydrogen (secondary N) is 3. The first-order valence-corrected chi connectivity index (χ1v) is 10.4. The molecule has 0 radical (unpaired) electrons. The van der Waals surface area contributed by atoms with E-state index in [4.69, 9.17) is 0 Å². The van der Waals surface area contributed by atoms with Crippen LogP contribution in [0.4, 0.5) is 11.5 Å². The standard InChI is InChI=1S/C20H22N4O4S/c1-13-9-10-16(11-14(13)2)29(27,28)23-18-17(21-3)19(25)22-20(26)24(18)12-15-7-5-4-6-8-15/h4-11,21,23H,12H2,1-3H3,(H,22,25,26). The van der Waals surface area contributed by atoms with Crippen LogP contribution in [0.1, 0.15) is 16.7 Å². The molecule has 9 heteroatoms. The molecule has 3 N–H and O–H groups in total. The van der Waals surface area contributed by atoms with Crippen molar-refractivity contribution in [2.45, 2.75) is 25.3 Å². The number of benzene rings is 2. The van der Waals surface area contributed by atoms with E-state index in [2.05, 4.69) is 15.0 Å². The first-order valence-electron chi connectivity index (χ1n) is 8.92. The van der Waals surface area contributed by atoms with E-state index < -0.39 is 21.3 Å². The number of sulfonamides is 1. The summed E-state index contributed by atoms with van der Waals surface area (Å²) in [4.78, 5) is 27.0. The maximum Gasteiger partial charge on any atom is 0.330 e. The van der Waals surface area contributed by atoms with Crippen LogP contribution in [-0.2, 0) is 16.6 Å². The number of aryl methyl sites for hydroxylation is 2. The Balaban J connectivity index is 2.15. The lowest BCUT2D eigenvalue weighted by Crippen LogP contribution is -2.35. The van der Waals surface area contributed by atoms with Crippen LogP contribution < -0.4 is 21.3 Å². The number of aromatic amines is 1. The van der Waals surface area contributed by atoms with E-state index in [9.17, 15) is 18.0 Å². The molecule has 1 heterocycles. The molecule has 0 saturated carbocycles. The van der Waals surface area contributed by atoms with Crippen molar-refractivity contribution >= 4 is 21.5 Å². The average Bonchev–Trinajstić information content (AvgIpc) is 2.67. The molecule has 3 rings (SSSR count). The number of aromatic nitrogens is 2. The fraction of sp³-hybridized carbons (Fsp3) is 0.200. The minimum atomic E-state index is -4.04. The summed E-state index contributed by atoms with van der Waals surface area (Å²) in [5, 5.41) is 2.68. The van der Waals surface area contributed by atoms with Crippen molar-refractivity contribution in [3.63, 3.8) is 0 Å². The van der Waals surface area contributed by atoms with Crippen molar-refractivity contribution in [2.24, 2.45) is 0 Å². The van der Waals surface area contributed by atoms with E-state index in [0.717, 1.165) is 16.7 Å². The van der Waals surface area contributed by atoms with Crippen molar-refractivity contribution in [3.05, 3.63) is 86.1 Å². The van der Waals surface area contributed by atoms with E-state index in [0.29, 0.717) is 0 Å². The maximum absolute atomic E-state index is 13.0. The van der Waals surface area contributed by atoms with Gasteiger partial charge in [-0.2, -0.15) is 0 Å². The summed E-state index contributed by atoms with van der Waals surface area (Å²) in [7, 11) is -2.55. The van der Waals surface area contributed by atoms with Gasteiger partial charge in [0.25, 0.3) is 15.6 Å². The van der Waals surface area contributed by atoms with Crippen LogP contribution in [0.15, 0.2) is 63.0 Å². The third-order valence-electron chi connectivity index (χ3n) is 4.65. The van der Waals surface area contributed by atoms with Gasteiger partial charge >= 0.3 is 5.69 Å². The lowest BCUT2D eigenvalue weighted by Gasteiger charge is -2.18. The summed E-state index contributed by atoms with van der Waals surface area (Å²) < 4.78 is 29.6. The summed E-state index contributed by atoms with van der Waals surface area (Å²) in [6, 6.07) is 13.8. The van der Waals surface area contributed by atoms with E-state index >= 15 is 0 Å². The zero-order valence-electron chi connectivity index (χ0n) is 16.3. The summed E-state index contributed by atoms with van der Waals surface area (Å²) >= 11 is 0. The number of hydrogen-bond donors (Lipinski definition) is 3. The van der Waals surface area contributed by atoms with Crippen molar-refractivity contribution in [3.8, 4) is 0 Å². The second-order valence-electron chi connectivity index (χ2n) is 6.66. The molecule has 0 spiro atoms. The third-order valence-corrected chi connectivity index (χ3v) is 5.99. The normalized spacial score (nSPS) is 11.3. The van der Waals surface area contributed by atoms with Gasteiger partial charge in [0.15, 0.2) is 5.82 Å². The molecule has 0 unspecified atom stereocenters. The SMILES string of the molecule is CNc1c(NS(=O)(=O)c2ccc(C)c(C)c2)n(Cc2ccccc2)c(=O)[nH]c1=O. The molecule has 0 bridgehead atoms. The predicted molar refractivity (Wildman–Crippen MR) is 113 cm³/mol.